The summed E-state index contributed by atoms with van der Waals surface area (Å²) in [5, 5.41) is 16.4. The topological polar surface area (TPSA) is 87.6 Å². The van der Waals surface area contributed by atoms with Crippen molar-refractivity contribution in [3.05, 3.63) is 58.4 Å². The first-order valence-corrected chi connectivity index (χ1v) is 8.11. The third kappa shape index (κ3) is 4.19. The number of carbonyl (C=O) groups is 2. The lowest BCUT2D eigenvalue weighted by Crippen LogP contribution is -2.38. The Morgan fingerprint density at radius 1 is 1.32 bits per heavy atom. The van der Waals surface area contributed by atoms with Gasteiger partial charge in [-0.2, -0.15) is 10.2 Å². The molecule has 0 fully saturated rings. The molecule has 1 aromatic carbocycles. The van der Waals surface area contributed by atoms with E-state index < -0.39 is 5.91 Å². The molecule has 2 aromatic rings. The van der Waals surface area contributed by atoms with Gasteiger partial charge in [0.25, 0.3) is 5.91 Å². The van der Waals surface area contributed by atoms with Crippen LogP contribution in [0.5, 0.6) is 0 Å². The average molecular weight is 358 g/mol. The first kappa shape index (κ1) is 17.0. The second-order valence-corrected chi connectivity index (χ2v) is 6.07. The lowest BCUT2D eigenvalue weighted by atomic mass is 10.0. The van der Waals surface area contributed by atoms with Crippen LogP contribution in [0.3, 0.4) is 0 Å². The fraction of sp³-hybridized carbons (Fsp3) is 0.235. The molecule has 8 heteroatoms. The van der Waals surface area contributed by atoms with Gasteiger partial charge in [0, 0.05) is 31.1 Å². The van der Waals surface area contributed by atoms with Crippen LogP contribution >= 0.6 is 11.6 Å². The molecule has 1 N–H and O–H groups in total. The second-order valence-electron chi connectivity index (χ2n) is 5.63. The van der Waals surface area contributed by atoms with E-state index in [2.05, 4.69) is 20.6 Å². The summed E-state index contributed by atoms with van der Waals surface area (Å²) in [5.41, 5.74) is 1.93. The van der Waals surface area contributed by atoms with E-state index in [1.165, 1.54) is 5.01 Å². The van der Waals surface area contributed by atoms with Crippen LogP contribution in [0.1, 0.15) is 34.5 Å². The molecule has 1 aromatic heterocycles. The maximum atomic E-state index is 12.6. The highest BCUT2D eigenvalue weighted by atomic mass is 35.5. The number of amides is 2. The van der Waals surface area contributed by atoms with Crippen molar-refractivity contribution in [2.75, 3.05) is 7.05 Å². The third-order valence-corrected chi connectivity index (χ3v) is 4.00. The molecule has 2 amide bonds. The number of amidine groups is 1. The van der Waals surface area contributed by atoms with E-state index in [9.17, 15) is 9.59 Å². The highest BCUT2D eigenvalue weighted by Crippen LogP contribution is 2.16. The number of nitrogens with one attached hydrogen (secondary N) is 1. The largest absolute Gasteiger partial charge is 0.307 e. The Morgan fingerprint density at radius 2 is 2.16 bits per heavy atom. The van der Waals surface area contributed by atoms with Crippen molar-refractivity contribution in [3.63, 3.8) is 0 Å². The zero-order chi connectivity index (χ0) is 17.8. The molecular formula is C17H16ClN5O2. The zero-order valence-corrected chi connectivity index (χ0v) is 14.3. The van der Waals surface area contributed by atoms with Gasteiger partial charge in [-0.1, -0.05) is 23.7 Å². The molecule has 0 unspecified atom stereocenters. The molecule has 7 nitrogen and oxygen atoms in total. The number of aromatic nitrogens is 2. The predicted octanol–water partition coefficient (Wildman–Crippen LogP) is 2.02. The zero-order valence-electron chi connectivity index (χ0n) is 13.6. The van der Waals surface area contributed by atoms with Gasteiger partial charge < -0.3 is 5.32 Å². The molecule has 0 radical (unpaired) electrons. The second kappa shape index (κ2) is 7.40. The van der Waals surface area contributed by atoms with Crippen LogP contribution in [0.15, 0.2) is 41.6 Å². The lowest BCUT2D eigenvalue weighted by molar-refractivity contribution is -0.130. The molecule has 2 heterocycles. The van der Waals surface area contributed by atoms with E-state index in [0.717, 1.165) is 11.1 Å². The molecule has 1 aliphatic heterocycles. The van der Waals surface area contributed by atoms with Crippen molar-refractivity contribution in [1.82, 2.24) is 20.5 Å². The van der Waals surface area contributed by atoms with Crippen molar-refractivity contribution in [3.8, 4) is 0 Å². The Hall–Kier alpha value is -2.80. The van der Waals surface area contributed by atoms with Gasteiger partial charge in [-0.3, -0.25) is 9.59 Å². The molecule has 0 bridgehead atoms. The number of hydrogen-bond acceptors (Lipinski definition) is 5. The number of hydrogen-bond donors (Lipinski definition) is 1. The van der Waals surface area contributed by atoms with E-state index in [4.69, 9.17) is 11.6 Å². The van der Waals surface area contributed by atoms with Gasteiger partial charge in [-0.25, -0.2) is 5.01 Å². The summed E-state index contributed by atoms with van der Waals surface area (Å²) >= 11 is 6.01. The Bertz CT molecular complexity index is 852. The first-order chi connectivity index (χ1) is 12.0. The van der Waals surface area contributed by atoms with Crippen LogP contribution in [0.2, 0.25) is 5.02 Å². The van der Waals surface area contributed by atoms with E-state index in [1.54, 1.807) is 25.4 Å². The highest BCUT2D eigenvalue weighted by molar-refractivity contribution is 6.30. The van der Waals surface area contributed by atoms with Crippen LogP contribution < -0.4 is 5.32 Å². The van der Waals surface area contributed by atoms with Gasteiger partial charge in [0.15, 0.2) is 5.69 Å². The van der Waals surface area contributed by atoms with Gasteiger partial charge in [0.1, 0.15) is 5.84 Å². The molecule has 1 aliphatic rings. The molecule has 0 saturated heterocycles. The molecule has 0 aliphatic carbocycles. The Morgan fingerprint density at radius 3 is 2.92 bits per heavy atom. The lowest BCUT2D eigenvalue weighted by Gasteiger charge is -2.19. The number of benzene rings is 1. The molecule has 128 valence electrons. The first-order valence-electron chi connectivity index (χ1n) is 7.73. The SMILES string of the molecule is CN1N=C(NC(=O)c2nnccc2Cc2cccc(Cl)c2)CCC1=O. The monoisotopic (exact) mass is 357 g/mol. The average Bonchev–Trinajstić information content (AvgIpc) is 2.59. The third-order valence-electron chi connectivity index (χ3n) is 3.77. The molecule has 0 atom stereocenters. The summed E-state index contributed by atoms with van der Waals surface area (Å²) in [7, 11) is 1.56. The van der Waals surface area contributed by atoms with E-state index in [1.807, 2.05) is 18.2 Å². The van der Waals surface area contributed by atoms with Gasteiger partial charge in [0.2, 0.25) is 5.91 Å². The molecule has 3 rings (SSSR count). The fourth-order valence-corrected chi connectivity index (χ4v) is 2.72. The van der Waals surface area contributed by atoms with Crippen molar-refractivity contribution in [1.29, 1.82) is 0 Å². The summed E-state index contributed by atoms with van der Waals surface area (Å²) in [4.78, 5) is 24.0. The smallest absolute Gasteiger partial charge is 0.277 e. The molecular weight excluding hydrogens is 342 g/mol. The van der Waals surface area contributed by atoms with Gasteiger partial charge >= 0.3 is 0 Å². The maximum absolute atomic E-state index is 12.6. The van der Waals surface area contributed by atoms with Gasteiger partial charge in [-0.05, 0) is 35.7 Å². The molecule has 0 spiro atoms. The standard InChI is InChI=1S/C17H16ClN5O2/c1-23-15(24)6-5-14(22-23)20-17(25)16-12(7-8-19-21-16)9-11-3-2-4-13(18)10-11/h2-4,7-8,10H,5-6,9H2,1H3,(H,20,22,25). The molecule has 0 saturated carbocycles. The minimum atomic E-state index is -0.397. The van der Waals surface area contributed by atoms with Crippen molar-refractivity contribution < 1.29 is 9.59 Å². The predicted molar refractivity (Wildman–Crippen MR) is 93.2 cm³/mol. The van der Waals surface area contributed by atoms with Gasteiger partial charge in [0.05, 0.1) is 0 Å². The van der Waals surface area contributed by atoms with E-state index in [-0.39, 0.29) is 11.6 Å². The van der Waals surface area contributed by atoms with E-state index in [0.29, 0.717) is 30.1 Å². The molecule has 25 heavy (non-hydrogen) atoms. The van der Waals surface area contributed by atoms with Crippen molar-refractivity contribution in [2.24, 2.45) is 5.10 Å². The van der Waals surface area contributed by atoms with Crippen molar-refractivity contribution >= 4 is 29.3 Å². The van der Waals surface area contributed by atoms with Crippen LogP contribution in [0.25, 0.3) is 0 Å². The highest BCUT2D eigenvalue weighted by Gasteiger charge is 2.21. The summed E-state index contributed by atoms with van der Waals surface area (Å²) in [5.74, 6) is -0.0442. The van der Waals surface area contributed by atoms with Crippen LogP contribution in [-0.2, 0) is 11.2 Å². The number of carbonyl (C=O) groups excluding carboxylic acids is 2. The summed E-state index contributed by atoms with van der Waals surface area (Å²) in [6.45, 7) is 0. The van der Waals surface area contributed by atoms with Crippen LogP contribution in [-0.4, -0.2) is 39.9 Å². The number of halogens is 1. The number of rotatable bonds is 3. The minimum absolute atomic E-state index is 0.0841. The minimum Gasteiger partial charge on any atom is -0.307 e. The van der Waals surface area contributed by atoms with Crippen LogP contribution in [0, 0.1) is 0 Å². The normalized spacial score (nSPS) is 14.2. The maximum Gasteiger partial charge on any atom is 0.277 e. The Kier molecular flexibility index (Phi) is 5.04. The summed E-state index contributed by atoms with van der Waals surface area (Å²) in [6, 6.07) is 9.18. The van der Waals surface area contributed by atoms with Crippen LogP contribution in [0.4, 0.5) is 0 Å². The number of hydrazone groups is 1. The Labute approximate surface area is 149 Å². The number of nitrogens with zero attached hydrogens (tertiary/aromatic N) is 4. The summed E-state index contributed by atoms with van der Waals surface area (Å²) in [6.07, 6.45) is 2.75. The quantitative estimate of drug-likeness (QED) is 0.910. The summed E-state index contributed by atoms with van der Waals surface area (Å²) < 4.78 is 0. The Balaban J connectivity index is 1.79. The van der Waals surface area contributed by atoms with E-state index >= 15 is 0 Å². The van der Waals surface area contributed by atoms with Gasteiger partial charge in [-0.15, -0.1) is 5.10 Å². The van der Waals surface area contributed by atoms with Crippen molar-refractivity contribution in [2.45, 2.75) is 19.3 Å². The fourth-order valence-electron chi connectivity index (χ4n) is 2.51.